The first-order valence-electron chi connectivity index (χ1n) is 7.78. The number of fused-ring (bicyclic) bond motifs is 1. The zero-order chi connectivity index (χ0) is 14.1. The molecule has 4 rings (SSSR count). The molecule has 0 spiro atoms. The van der Waals surface area contributed by atoms with Gasteiger partial charge in [0, 0.05) is 11.4 Å². The summed E-state index contributed by atoms with van der Waals surface area (Å²) in [7, 11) is 0. The molecule has 0 unspecified atom stereocenters. The summed E-state index contributed by atoms with van der Waals surface area (Å²) < 4.78 is 2.46. The van der Waals surface area contributed by atoms with Crippen LogP contribution in [0.25, 0.3) is 16.9 Å². The predicted molar refractivity (Wildman–Crippen MR) is 87.8 cm³/mol. The second-order valence-electron chi connectivity index (χ2n) is 5.75. The molecule has 0 aliphatic heterocycles. The van der Waals surface area contributed by atoms with E-state index in [0.717, 1.165) is 0 Å². The fourth-order valence-corrected chi connectivity index (χ4v) is 3.39. The van der Waals surface area contributed by atoms with Gasteiger partial charge in [0.1, 0.15) is 0 Å². The molecule has 21 heavy (non-hydrogen) atoms. The molecule has 0 fully saturated rings. The van der Waals surface area contributed by atoms with Gasteiger partial charge >= 0.3 is 0 Å². The Morgan fingerprint density at radius 2 is 1.38 bits per heavy atom. The Morgan fingerprint density at radius 3 is 2.14 bits per heavy atom. The fourth-order valence-electron chi connectivity index (χ4n) is 3.39. The summed E-state index contributed by atoms with van der Waals surface area (Å²) in [5.74, 6) is 0. The molecule has 1 heterocycles. The van der Waals surface area contributed by atoms with E-state index < -0.39 is 0 Å². The average molecular weight is 273 g/mol. The van der Waals surface area contributed by atoms with Gasteiger partial charge in [0.15, 0.2) is 0 Å². The first kappa shape index (κ1) is 12.5. The normalized spacial score (nSPS) is 13.9. The maximum absolute atomic E-state index is 2.46. The lowest BCUT2D eigenvalue weighted by Crippen LogP contribution is -2.07. The van der Waals surface area contributed by atoms with Crippen LogP contribution in [-0.2, 0) is 12.8 Å². The van der Waals surface area contributed by atoms with Gasteiger partial charge in [-0.25, -0.2) is 0 Å². The number of aromatic nitrogens is 1. The summed E-state index contributed by atoms with van der Waals surface area (Å²) in [6.07, 6.45) is 5.03. The molecule has 0 radical (unpaired) electrons. The molecule has 1 aromatic heterocycles. The lowest BCUT2D eigenvalue weighted by Gasteiger charge is -2.17. The van der Waals surface area contributed by atoms with Crippen molar-refractivity contribution in [2.24, 2.45) is 0 Å². The summed E-state index contributed by atoms with van der Waals surface area (Å²) in [5, 5.41) is 0. The molecule has 0 N–H and O–H groups in total. The van der Waals surface area contributed by atoms with Crippen LogP contribution in [0.1, 0.15) is 24.1 Å². The third-order valence-corrected chi connectivity index (χ3v) is 4.39. The highest BCUT2D eigenvalue weighted by molar-refractivity contribution is 5.66. The Hall–Kier alpha value is -2.28. The van der Waals surface area contributed by atoms with Crippen molar-refractivity contribution in [3.8, 4) is 16.9 Å². The Balaban J connectivity index is 1.96. The molecule has 0 amide bonds. The van der Waals surface area contributed by atoms with Crippen molar-refractivity contribution in [1.29, 1.82) is 0 Å². The second kappa shape index (κ2) is 5.25. The minimum atomic E-state index is 1.19. The summed E-state index contributed by atoms with van der Waals surface area (Å²) in [6.45, 7) is 0. The third kappa shape index (κ3) is 2.19. The van der Waals surface area contributed by atoms with Crippen molar-refractivity contribution < 1.29 is 0 Å². The molecule has 0 saturated heterocycles. The minimum absolute atomic E-state index is 1.19. The standard InChI is InChI=1S/C20H19N/c1-3-9-16(10-4-1)20-15-17-11-7-8-14-19(17)21(20)18-12-5-2-6-13-18/h1-6,9-10,12-13,15H,7-8,11,14H2. The zero-order valence-electron chi connectivity index (χ0n) is 12.1. The van der Waals surface area contributed by atoms with Crippen LogP contribution in [0.3, 0.4) is 0 Å². The van der Waals surface area contributed by atoms with Crippen molar-refractivity contribution in [3.63, 3.8) is 0 Å². The van der Waals surface area contributed by atoms with Gasteiger partial charge in [-0.3, -0.25) is 0 Å². The van der Waals surface area contributed by atoms with Gasteiger partial charge in [0.2, 0.25) is 0 Å². The van der Waals surface area contributed by atoms with Crippen molar-refractivity contribution in [3.05, 3.63) is 78.0 Å². The van der Waals surface area contributed by atoms with E-state index in [1.165, 1.54) is 53.9 Å². The molecule has 0 saturated carbocycles. The van der Waals surface area contributed by atoms with Gasteiger partial charge in [-0.2, -0.15) is 0 Å². The largest absolute Gasteiger partial charge is 0.313 e. The highest BCUT2D eigenvalue weighted by atomic mass is 15.0. The Kier molecular flexibility index (Phi) is 3.11. The number of nitrogens with zero attached hydrogens (tertiary/aromatic N) is 1. The van der Waals surface area contributed by atoms with E-state index in [-0.39, 0.29) is 0 Å². The monoisotopic (exact) mass is 273 g/mol. The maximum Gasteiger partial charge on any atom is 0.0534 e. The maximum atomic E-state index is 2.46. The van der Waals surface area contributed by atoms with Gasteiger partial charge in [-0.1, -0.05) is 48.5 Å². The number of rotatable bonds is 2. The topological polar surface area (TPSA) is 4.93 Å². The lowest BCUT2D eigenvalue weighted by atomic mass is 9.98. The van der Waals surface area contributed by atoms with Crippen LogP contribution in [0.2, 0.25) is 0 Å². The molecular formula is C20H19N. The molecule has 104 valence electrons. The van der Waals surface area contributed by atoms with E-state index in [1.54, 1.807) is 0 Å². The molecule has 0 atom stereocenters. The first-order chi connectivity index (χ1) is 10.4. The third-order valence-electron chi connectivity index (χ3n) is 4.39. The molecule has 1 heteroatoms. The molecule has 0 bridgehead atoms. The Morgan fingerprint density at radius 1 is 0.714 bits per heavy atom. The quantitative estimate of drug-likeness (QED) is 0.617. The highest BCUT2D eigenvalue weighted by Crippen LogP contribution is 2.33. The number of aryl methyl sites for hydroxylation is 1. The molecule has 1 aliphatic rings. The first-order valence-corrected chi connectivity index (χ1v) is 7.78. The second-order valence-corrected chi connectivity index (χ2v) is 5.75. The summed E-state index contributed by atoms with van der Waals surface area (Å²) in [4.78, 5) is 0. The highest BCUT2D eigenvalue weighted by Gasteiger charge is 2.19. The van der Waals surface area contributed by atoms with Crippen LogP contribution in [0, 0.1) is 0 Å². The number of para-hydroxylation sites is 1. The molecule has 2 aromatic carbocycles. The Bertz CT molecular complexity index is 738. The number of hydrogen-bond acceptors (Lipinski definition) is 0. The van der Waals surface area contributed by atoms with E-state index in [2.05, 4.69) is 71.3 Å². The molecule has 1 aliphatic carbocycles. The van der Waals surface area contributed by atoms with E-state index in [0.29, 0.717) is 0 Å². The number of hydrogen-bond donors (Lipinski definition) is 0. The van der Waals surface area contributed by atoms with Crippen LogP contribution in [0.4, 0.5) is 0 Å². The van der Waals surface area contributed by atoms with Gasteiger partial charge < -0.3 is 4.57 Å². The van der Waals surface area contributed by atoms with Gasteiger partial charge in [0.05, 0.1) is 5.69 Å². The van der Waals surface area contributed by atoms with Gasteiger partial charge in [-0.05, 0) is 55.0 Å². The molecule has 3 aromatic rings. The van der Waals surface area contributed by atoms with Crippen LogP contribution < -0.4 is 0 Å². The zero-order valence-corrected chi connectivity index (χ0v) is 12.1. The van der Waals surface area contributed by atoms with E-state index >= 15 is 0 Å². The SMILES string of the molecule is c1ccc(-c2cc3c(n2-c2ccccc2)CCCC3)cc1. The van der Waals surface area contributed by atoms with Crippen LogP contribution in [0.15, 0.2) is 66.7 Å². The van der Waals surface area contributed by atoms with Crippen molar-refractivity contribution in [2.75, 3.05) is 0 Å². The van der Waals surface area contributed by atoms with Crippen molar-refractivity contribution in [1.82, 2.24) is 4.57 Å². The van der Waals surface area contributed by atoms with E-state index in [9.17, 15) is 0 Å². The summed E-state index contributed by atoms with van der Waals surface area (Å²) in [5.41, 5.74) is 6.94. The average Bonchev–Trinajstić information content (AvgIpc) is 2.96. The van der Waals surface area contributed by atoms with Gasteiger partial charge in [0.25, 0.3) is 0 Å². The van der Waals surface area contributed by atoms with Crippen LogP contribution in [-0.4, -0.2) is 4.57 Å². The van der Waals surface area contributed by atoms with Crippen LogP contribution >= 0.6 is 0 Å². The van der Waals surface area contributed by atoms with Crippen LogP contribution in [0.5, 0.6) is 0 Å². The predicted octanol–water partition coefficient (Wildman–Crippen LogP) is 5.02. The lowest BCUT2D eigenvalue weighted by molar-refractivity contribution is 0.664. The minimum Gasteiger partial charge on any atom is -0.313 e. The molecular weight excluding hydrogens is 254 g/mol. The van der Waals surface area contributed by atoms with Crippen molar-refractivity contribution in [2.45, 2.75) is 25.7 Å². The number of benzene rings is 2. The van der Waals surface area contributed by atoms with Gasteiger partial charge in [-0.15, -0.1) is 0 Å². The van der Waals surface area contributed by atoms with E-state index in [1.807, 2.05) is 0 Å². The van der Waals surface area contributed by atoms with Crippen molar-refractivity contribution >= 4 is 0 Å². The molecule has 1 nitrogen and oxygen atoms in total. The summed E-state index contributed by atoms with van der Waals surface area (Å²) in [6, 6.07) is 23.9. The van der Waals surface area contributed by atoms with E-state index in [4.69, 9.17) is 0 Å². The smallest absolute Gasteiger partial charge is 0.0534 e. The fraction of sp³-hybridized carbons (Fsp3) is 0.200. The summed E-state index contributed by atoms with van der Waals surface area (Å²) >= 11 is 0. The Labute approximate surface area is 125 Å².